The van der Waals surface area contributed by atoms with Gasteiger partial charge in [-0.1, -0.05) is 39.5 Å². The second-order valence-electron chi connectivity index (χ2n) is 6.93. The highest BCUT2D eigenvalue weighted by Gasteiger charge is 2.51. The summed E-state index contributed by atoms with van der Waals surface area (Å²) in [5, 5.41) is 20.6. The maximum absolute atomic E-state index is 11.8. The first-order chi connectivity index (χ1) is 8.96. The van der Waals surface area contributed by atoms with Crippen molar-refractivity contribution >= 4 is 5.97 Å². The van der Waals surface area contributed by atoms with Crippen molar-refractivity contribution in [1.82, 2.24) is 0 Å². The Morgan fingerprint density at radius 2 is 1.58 bits per heavy atom. The lowest BCUT2D eigenvalue weighted by atomic mass is 9.63. The molecular formula is C16H28O3. The van der Waals surface area contributed by atoms with E-state index in [0.717, 1.165) is 44.9 Å². The zero-order chi connectivity index (χ0) is 14.0. The van der Waals surface area contributed by atoms with E-state index < -0.39 is 11.6 Å². The Bertz CT molecular complexity index is 322. The van der Waals surface area contributed by atoms with Gasteiger partial charge < -0.3 is 10.2 Å². The average molecular weight is 268 g/mol. The molecule has 0 aromatic heterocycles. The zero-order valence-corrected chi connectivity index (χ0v) is 12.3. The fourth-order valence-corrected chi connectivity index (χ4v) is 4.17. The third-order valence-electron chi connectivity index (χ3n) is 5.79. The molecule has 0 radical (unpaired) electrons. The van der Waals surface area contributed by atoms with E-state index in [1.165, 1.54) is 6.42 Å². The smallest absolute Gasteiger partial charge is 0.336 e. The summed E-state index contributed by atoms with van der Waals surface area (Å²) in [5.74, 6) is 0.101. The first kappa shape index (κ1) is 14.8. The quantitative estimate of drug-likeness (QED) is 0.824. The van der Waals surface area contributed by atoms with Gasteiger partial charge in [0.05, 0.1) is 0 Å². The SMILES string of the molecule is C[C@H]1CC[C@@H]([C@](O)(C(=O)O)C2CCCCC2)C[C@@H]1C. The first-order valence-electron chi connectivity index (χ1n) is 7.92. The highest BCUT2D eigenvalue weighted by atomic mass is 16.4. The summed E-state index contributed by atoms with van der Waals surface area (Å²) in [7, 11) is 0. The third kappa shape index (κ3) is 2.81. The van der Waals surface area contributed by atoms with Crippen LogP contribution in [0.5, 0.6) is 0 Å². The van der Waals surface area contributed by atoms with Gasteiger partial charge in [-0.2, -0.15) is 0 Å². The highest BCUT2D eigenvalue weighted by molar-refractivity contribution is 5.78. The Morgan fingerprint density at radius 1 is 0.947 bits per heavy atom. The second-order valence-corrected chi connectivity index (χ2v) is 6.93. The van der Waals surface area contributed by atoms with Gasteiger partial charge in [0.2, 0.25) is 0 Å². The topological polar surface area (TPSA) is 57.5 Å². The maximum atomic E-state index is 11.8. The van der Waals surface area contributed by atoms with Crippen molar-refractivity contribution in [3.8, 4) is 0 Å². The van der Waals surface area contributed by atoms with Crippen molar-refractivity contribution in [1.29, 1.82) is 0 Å². The monoisotopic (exact) mass is 268 g/mol. The largest absolute Gasteiger partial charge is 0.479 e. The molecule has 0 amide bonds. The van der Waals surface area contributed by atoms with Gasteiger partial charge >= 0.3 is 5.97 Å². The Balaban J connectivity index is 2.16. The van der Waals surface area contributed by atoms with Crippen LogP contribution in [0.15, 0.2) is 0 Å². The first-order valence-corrected chi connectivity index (χ1v) is 7.92. The molecule has 0 spiro atoms. The van der Waals surface area contributed by atoms with E-state index in [2.05, 4.69) is 13.8 Å². The van der Waals surface area contributed by atoms with Crippen molar-refractivity contribution in [2.24, 2.45) is 23.7 Å². The molecule has 2 aliphatic rings. The fraction of sp³-hybridized carbons (Fsp3) is 0.938. The summed E-state index contributed by atoms with van der Waals surface area (Å²) in [6, 6.07) is 0. The van der Waals surface area contributed by atoms with Crippen molar-refractivity contribution in [2.75, 3.05) is 0 Å². The standard InChI is InChI=1S/C16H28O3/c1-11-8-9-14(10-12(11)2)16(19,15(17)18)13-6-4-3-5-7-13/h11-14,19H,3-10H2,1-2H3,(H,17,18)/t11-,12-,14+,16-/m0/s1. The average Bonchev–Trinajstić information content (AvgIpc) is 2.41. The summed E-state index contributed by atoms with van der Waals surface area (Å²) < 4.78 is 0. The minimum atomic E-state index is -1.48. The molecule has 0 aromatic rings. The number of rotatable bonds is 3. The van der Waals surface area contributed by atoms with E-state index in [1.807, 2.05) is 0 Å². The lowest BCUT2D eigenvalue weighted by Gasteiger charge is -2.44. The molecule has 0 heterocycles. The molecule has 0 saturated heterocycles. The van der Waals surface area contributed by atoms with Crippen LogP contribution in [-0.2, 0) is 4.79 Å². The van der Waals surface area contributed by atoms with Gasteiger partial charge in [0.25, 0.3) is 0 Å². The van der Waals surface area contributed by atoms with E-state index in [1.54, 1.807) is 0 Å². The lowest BCUT2D eigenvalue weighted by molar-refractivity contribution is -0.179. The van der Waals surface area contributed by atoms with Crippen LogP contribution in [0.1, 0.15) is 65.2 Å². The molecule has 3 heteroatoms. The molecule has 2 aliphatic carbocycles. The molecule has 3 nitrogen and oxygen atoms in total. The molecule has 0 aromatic carbocycles. The predicted molar refractivity (Wildman–Crippen MR) is 74.8 cm³/mol. The van der Waals surface area contributed by atoms with Gasteiger partial charge in [-0.15, -0.1) is 0 Å². The summed E-state index contributed by atoms with van der Waals surface area (Å²) in [5.41, 5.74) is -1.48. The molecule has 0 unspecified atom stereocenters. The molecule has 0 bridgehead atoms. The molecule has 2 N–H and O–H groups in total. The second kappa shape index (κ2) is 5.82. The van der Waals surface area contributed by atoms with Crippen molar-refractivity contribution in [2.45, 2.75) is 70.8 Å². The van der Waals surface area contributed by atoms with Crippen LogP contribution < -0.4 is 0 Å². The van der Waals surface area contributed by atoms with Crippen LogP contribution in [0.4, 0.5) is 0 Å². The lowest BCUT2D eigenvalue weighted by Crippen LogP contribution is -2.54. The van der Waals surface area contributed by atoms with Gasteiger partial charge in [0.1, 0.15) is 0 Å². The summed E-state index contributed by atoms with van der Waals surface area (Å²) >= 11 is 0. The minimum absolute atomic E-state index is 0.0376. The molecule has 2 rings (SSSR count). The predicted octanol–water partition coefficient (Wildman–Crippen LogP) is 3.45. The molecule has 4 atom stereocenters. The normalized spacial score (nSPS) is 36.7. The molecule has 0 aliphatic heterocycles. The number of aliphatic hydroxyl groups is 1. The zero-order valence-electron chi connectivity index (χ0n) is 12.3. The van der Waals surface area contributed by atoms with E-state index >= 15 is 0 Å². The number of hydrogen-bond acceptors (Lipinski definition) is 2. The number of hydrogen-bond donors (Lipinski definition) is 2. The highest BCUT2D eigenvalue weighted by Crippen LogP contribution is 2.45. The number of aliphatic carboxylic acids is 1. The van der Waals surface area contributed by atoms with E-state index in [9.17, 15) is 15.0 Å². The van der Waals surface area contributed by atoms with Gasteiger partial charge in [0.15, 0.2) is 5.60 Å². The maximum Gasteiger partial charge on any atom is 0.336 e. The Morgan fingerprint density at radius 3 is 2.11 bits per heavy atom. The van der Waals surface area contributed by atoms with Crippen LogP contribution in [-0.4, -0.2) is 21.8 Å². The van der Waals surface area contributed by atoms with Crippen LogP contribution >= 0.6 is 0 Å². The fourth-order valence-electron chi connectivity index (χ4n) is 4.17. The van der Waals surface area contributed by atoms with Gasteiger partial charge in [-0.25, -0.2) is 4.79 Å². The third-order valence-corrected chi connectivity index (χ3v) is 5.79. The minimum Gasteiger partial charge on any atom is -0.479 e. The van der Waals surface area contributed by atoms with Crippen LogP contribution in [0.2, 0.25) is 0 Å². The van der Waals surface area contributed by atoms with Crippen LogP contribution in [0.25, 0.3) is 0 Å². The van der Waals surface area contributed by atoms with E-state index in [0.29, 0.717) is 11.8 Å². The van der Waals surface area contributed by atoms with Crippen LogP contribution in [0.3, 0.4) is 0 Å². The van der Waals surface area contributed by atoms with Gasteiger partial charge in [0, 0.05) is 0 Å². The van der Waals surface area contributed by atoms with Crippen molar-refractivity contribution in [3.05, 3.63) is 0 Å². The van der Waals surface area contributed by atoms with Crippen molar-refractivity contribution < 1.29 is 15.0 Å². The van der Waals surface area contributed by atoms with Gasteiger partial charge in [-0.05, 0) is 49.4 Å². The molecule has 19 heavy (non-hydrogen) atoms. The Labute approximate surface area is 116 Å². The van der Waals surface area contributed by atoms with E-state index in [4.69, 9.17) is 0 Å². The Hall–Kier alpha value is -0.570. The molecule has 110 valence electrons. The summed E-state index contributed by atoms with van der Waals surface area (Å²) in [6.45, 7) is 4.43. The number of carboxylic acid groups (broad SMARTS) is 1. The van der Waals surface area contributed by atoms with Crippen molar-refractivity contribution in [3.63, 3.8) is 0 Å². The molecular weight excluding hydrogens is 240 g/mol. The Kier molecular flexibility index (Phi) is 4.54. The molecule has 2 saturated carbocycles. The molecule has 2 fully saturated rings. The number of carbonyl (C=O) groups is 1. The number of carboxylic acids is 1. The van der Waals surface area contributed by atoms with Crippen LogP contribution in [0, 0.1) is 23.7 Å². The summed E-state index contributed by atoms with van der Waals surface area (Å²) in [6.07, 6.45) is 7.86. The van der Waals surface area contributed by atoms with E-state index in [-0.39, 0.29) is 11.8 Å². The van der Waals surface area contributed by atoms with Gasteiger partial charge in [-0.3, -0.25) is 0 Å². The summed E-state index contributed by atoms with van der Waals surface area (Å²) in [4.78, 5) is 11.8.